The molecule has 0 N–H and O–H groups in total. The highest BCUT2D eigenvalue weighted by molar-refractivity contribution is 7.18. The molecule has 0 amide bonds. The fourth-order valence-corrected chi connectivity index (χ4v) is 4.44. The quantitative estimate of drug-likeness (QED) is 0.794. The van der Waals surface area contributed by atoms with E-state index in [4.69, 9.17) is 0 Å². The molecule has 0 aliphatic heterocycles. The Balaban J connectivity index is 1.91. The van der Waals surface area contributed by atoms with E-state index in [2.05, 4.69) is 24.2 Å². The molecule has 2 heterocycles. The van der Waals surface area contributed by atoms with Crippen molar-refractivity contribution in [3.8, 4) is 0 Å². The number of thiophene rings is 1. The third kappa shape index (κ3) is 2.89. The van der Waals surface area contributed by atoms with Crippen LogP contribution in [0, 0.1) is 5.92 Å². The highest BCUT2D eigenvalue weighted by Gasteiger charge is 2.23. The van der Waals surface area contributed by atoms with Gasteiger partial charge in [-0.25, -0.2) is 4.68 Å². The van der Waals surface area contributed by atoms with Crippen molar-refractivity contribution >= 4 is 21.6 Å². The van der Waals surface area contributed by atoms with Crippen LogP contribution in [0.4, 0.5) is 0 Å². The summed E-state index contributed by atoms with van der Waals surface area (Å²) >= 11 is 1.67. The molecule has 0 spiro atoms. The second-order valence-electron chi connectivity index (χ2n) is 6.21. The summed E-state index contributed by atoms with van der Waals surface area (Å²) in [4.78, 5) is 14.9. The van der Waals surface area contributed by atoms with Crippen molar-refractivity contribution in [2.75, 3.05) is 0 Å². The van der Waals surface area contributed by atoms with Gasteiger partial charge in [-0.05, 0) is 37.2 Å². The van der Waals surface area contributed by atoms with E-state index in [1.54, 1.807) is 16.0 Å². The van der Waals surface area contributed by atoms with Crippen LogP contribution in [0.25, 0.3) is 10.2 Å². The van der Waals surface area contributed by atoms with Gasteiger partial charge in [0.05, 0.1) is 5.39 Å². The van der Waals surface area contributed by atoms with E-state index < -0.39 is 0 Å². The Bertz CT molecular complexity index is 689. The predicted molar refractivity (Wildman–Crippen MR) is 87.0 cm³/mol. The van der Waals surface area contributed by atoms with Crippen LogP contribution in [0.3, 0.4) is 0 Å². The topological polar surface area (TPSA) is 47.8 Å². The Morgan fingerprint density at radius 3 is 3.00 bits per heavy atom. The van der Waals surface area contributed by atoms with Crippen LogP contribution in [0.5, 0.6) is 0 Å². The zero-order valence-corrected chi connectivity index (χ0v) is 13.7. The molecule has 1 aliphatic rings. The zero-order valence-electron chi connectivity index (χ0n) is 12.9. The minimum absolute atomic E-state index is 0.0727. The highest BCUT2D eigenvalue weighted by atomic mass is 32.1. The van der Waals surface area contributed by atoms with Gasteiger partial charge in [-0.2, -0.15) is 0 Å². The first-order valence-corrected chi connectivity index (χ1v) is 8.90. The number of aryl methyl sites for hydroxylation is 2. The maximum absolute atomic E-state index is 12.7. The molecule has 0 unspecified atom stereocenters. The van der Waals surface area contributed by atoms with Gasteiger partial charge < -0.3 is 0 Å². The Morgan fingerprint density at radius 1 is 1.33 bits per heavy atom. The lowest BCUT2D eigenvalue weighted by Crippen LogP contribution is -2.25. The lowest BCUT2D eigenvalue weighted by Gasteiger charge is -2.17. The van der Waals surface area contributed by atoms with E-state index in [1.165, 1.54) is 29.7 Å². The standard InChI is InChI=1S/C16H23N3OS/c1-3-4-5-6-9-19-16(20)14-12-8-7-11(2)10-13(12)21-15(14)17-18-19/h11H,3-10H2,1-2H3/t11-/m0/s1. The van der Waals surface area contributed by atoms with Crippen LogP contribution >= 0.6 is 11.3 Å². The summed E-state index contributed by atoms with van der Waals surface area (Å²) in [6.45, 7) is 5.17. The fourth-order valence-electron chi connectivity index (χ4n) is 3.13. The minimum Gasteiger partial charge on any atom is -0.267 e. The van der Waals surface area contributed by atoms with Crippen molar-refractivity contribution in [2.24, 2.45) is 5.92 Å². The molecule has 1 aliphatic carbocycles. The number of aromatic nitrogens is 3. The average Bonchev–Trinajstić information content (AvgIpc) is 2.83. The molecule has 0 saturated heterocycles. The van der Waals surface area contributed by atoms with E-state index >= 15 is 0 Å². The van der Waals surface area contributed by atoms with Gasteiger partial charge in [-0.1, -0.05) is 38.3 Å². The first-order chi connectivity index (χ1) is 10.2. The molecule has 114 valence electrons. The van der Waals surface area contributed by atoms with Crippen LogP contribution in [0.1, 0.15) is 56.4 Å². The lowest BCUT2D eigenvalue weighted by molar-refractivity contribution is 0.499. The molecule has 5 heteroatoms. The molecule has 0 radical (unpaired) electrons. The molecule has 1 atom stereocenters. The van der Waals surface area contributed by atoms with E-state index in [-0.39, 0.29) is 5.56 Å². The fraction of sp³-hybridized carbons (Fsp3) is 0.688. The third-order valence-electron chi connectivity index (χ3n) is 4.41. The van der Waals surface area contributed by atoms with Gasteiger partial charge in [-0.15, -0.1) is 16.4 Å². The minimum atomic E-state index is 0.0727. The monoisotopic (exact) mass is 305 g/mol. The summed E-state index contributed by atoms with van der Waals surface area (Å²) in [5, 5.41) is 9.29. The van der Waals surface area contributed by atoms with Crippen molar-refractivity contribution in [1.82, 2.24) is 15.0 Å². The second-order valence-corrected chi connectivity index (χ2v) is 7.29. The molecule has 21 heavy (non-hydrogen) atoms. The second kappa shape index (κ2) is 6.26. The number of hydrogen-bond acceptors (Lipinski definition) is 4. The van der Waals surface area contributed by atoms with Gasteiger partial charge in [-0.3, -0.25) is 4.79 Å². The zero-order chi connectivity index (χ0) is 14.8. The summed E-state index contributed by atoms with van der Waals surface area (Å²) in [5.41, 5.74) is 1.33. The molecule has 0 saturated carbocycles. The van der Waals surface area contributed by atoms with Crippen LogP contribution in [-0.2, 0) is 19.4 Å². The first kappa shape index (κ1) is 14.7. The summed E-state index contributed by atoms with van der Waals surface area (Å²) in [6.07, 6.45) is 7.88. The number of unbranched alkanes of at least 4 members (excludes halogenated alkanes) is 3. The third-order valence-corrected chi connectivity index (χ3v) is 5.55. The normalized spacial score (nSPS) is 18.1. The molecule has 2 aromatic rings. The molecular formula is C16H23N3OS. The molecule has 4 nitrogen and oxygen atoms in total. The van der Waals surface area contributed by atoms with Crippen molar-refractivity contribution in [1.29, 1.82) is 0 Å². The maximum Gasteiger partial charge on any atom is 0.278 e. The van der Waals surface area contributed by atoms with Crippen LogP contribution in [0.15, 0.2) is 4.79 Å². The van der Waals surface area contributed by atoms with E-state index in [0.717, 1.165) is 41.8 Å². The van der Waals surface area contributed by atoms with Gasteiger partial charge in [0.15, 0.2) is 4.83 Å². The van der Waals surface area contributed by atoms with Gasteiger partial charge in [0.25, 0.3) is 5.56 Å². The van der Waals surface area contributed by atoms with E-state index in [1.807, 2.05) is 0 Å². The molecule has 0 aromatic carbocycles. The molecular weight excluding hydrogens is 282 g/mol. The van der Waals surface area contributed by atoms with Crippen molar-refractivity contribution < 1.29 is 0 Å². The predicted octanol–water partition coefficient (Wildman–Crippen LogP) is 3.56. The summed E-state index contributed by atoms with van der Waals surface area (Å²) in [6, 6.07) is 0. The van der Waals surface area contributed by atoms with E-state index in [0.29, 0.717) is 6.54 Å². The van der Waals surface area contributed by atoms with Crippen LogP contribution < -0.4 is 5.56 Å². The summed E-state index contributed by atoms with van der Waals surface area (Å²) < 4.78 is 1.57. The number of hydrogen-bond donors (Lipinski definition) is 0. The van der Waals surface area contributed by atoms with Crippen molar-refractivity contribution in [3.63, 3.8) is 0 Å². The smallest absolute Gasteiger partial charge is 0.267 e. The summed E-state index contributed by atoms with van der Waals surface area (Å²) in [5.74, 6) is 0.717. The Kier molecular flexibility index (Phi) is 4.38. The highest BCUT2D eigenvalue weighted by Crippen LogP contribution is 2.35. The van der Waals surface area contributed by atoms with E-state index in [9.17, 15) is 4.79 Å². The largest absolute Gasteiger partial charge is 0.278 e. The SMILES string of the molecule is CCCCCCn1nnc2sc3c(c2c1=O)CC[C@H](C)C3. The van der Waals surface area contributed by atoms with Gasteiger partial charge in [0.2, 0.25) is 0 Å². The van der Waals surface area contributed by atoms with Gasteiger partial charge in [0.1, 0.15) is 0 Å². The van der Waals surface area contributed by atoms with Crippen molar-refractivity contribution in [3.05, 3.63) is 20.8 Å². The Labute approximate surface area is 129 Å². The first-order valence-electron chi connectivity index (χ1n) is 8.08. The average molecular weight is 305 g/mol. The molecule has 3 rings (SSSR count). The molecule has 2 aromatic heterocycles. The van der Waals surface area contributed by atoms with Crippen LogP contribution in [0.2, 0.25) is 0 Å². The Morgan fingerprint density at radius 2 is 2.19 bits per heavy atom. The maximum atomic E-state index is 12.7. The van der Waals surface area contributed by atoms with Gasteiger partial charge >= 0.3 is 0 Å². The number of rotatable bonds is 5. The summed E-state index contributed by atoms with van der Waals surface area (Å²) in [7, 11) is 0. The number of nitrogens with zero attached hydrogens (tertiary/aromatic N) is 3. The number of fused-ring (bicyclic) bond motifs is 3. The lowest BCUT2D eigenvalue weighted by atomic mass is 9.89. The van der Waals surface area contributed by atoms with Gasteiger partial charge in [0, 0.05) is 11.4 Å². The molecule has 0 bridgehead atoms. The van der Waals surface area contributed by atoms with Crippen LogP contribution in [-0.4, -0.2) is 15.0 Å². The molecule has 0 fully saturated rings. The Hall–Kier alpha value is -1.23. The van der Waals surface area contributed by atoms with Crippen molar-refractivity contribution in [2.45, 2.75) is 65.3 Å².